The fourth-order valence-electron chi connectivity index (χ4n) is 26.8. The molecule has 19 nitrogen and oxygen atoms in total. The minimum Gasteiger partial charge on any atom is -0.504 e. The number of carbonyl (C=O) groups is 2. The van der Waals surface area contributed by atoms with Crippen molar-refractivity contribution >= 4 is 11.6 Å². The highest BCUT2D eigenvalue weighted by Gasteiger charge is 2.83. The lowest BCUT2D eigenvalue weighted by atomic mass is 9.34. The van der Waals surface area contributed by atoms with Gasteiger partial charge in [0.1, 0.15) is 23.9 Å². The van der Waals surface area contributed by atoms with Gasteiger partial charge in [-0.05, 0) is 195 Å². The van der Waals surface area contributed by atoms with Gasteiger partial charge in [-0.25, -0.2) is 0 Å². The Kier molecular flexibility index (Phi) is 13.8. The summed E-state index contributed by atoms with van der Waals surface area (Å²) in [7, 11) is 1.81. The average Bonchev–Trinajstić information content (AvgIpc) is 1.32. The van der Waals surface area contributed by atoms with E-state index in [4.69, 9.17) is 23.7 Å². The number of hydrogen-bond acceptors (Lipinski definition) is 19. The predicted octanol–water partition coefficient (Wildman–Crippen LogP) is 7.72. The second-order valence-electron chi connectivity index (χ2n) is 35.1. The molecular weight excluding hydrogens is 1290 g/mol. The van der Waals surface area contributed by atoms with Crippen LogP contribution < -0.4 is 18.9 Å². The van der Waals surface area contributed by atoms with Crippen molar-refractivity contribution in [3.63, 3.8) is 0 Å². The third-order valence-corrected chi connectivity index (χ3v) is 30.9. The van der Waals surface area contributed by atoms with Crippen LogP contribution in [0.15, 0.2) is 86.0 Å². The second kappa shape index (κ2) is 21.6. The molecule has 24 rings (SSSR count). The van der Waals surface area contributed by atoms with Crippen LogP contribution in [0.1, 0.15) is 155 Å². The third-order valence-electron chi connectivity index (χ3n) is 30.9. The number of methoxy groups -OCH3 is 1. The van der Waals surface area contributed by atoms with Gasteiger partial charge >= 0.3 is 0 Å². The van der Waals surface area contributed by atoms with E-state index in [1.807, 2.05) is 56.3 Å². The number of aliphatic hydroxyl groups is 4. The Hall–Kier alpha value is -6.52. The lowest BCUT2D eigenvalue weighted by Gasteiger charge is -2.75. The summed E-state index contributed by atoms with van der Waals surface area (Å²) < 4.78 is 31.3. The fraction of sp³-hybridized carbons (Fsp3) is 0.614. The molecule has 11 fully saturated rings. The number of hydrogen-bond donors (Lipinski definition) is 8. The fourth-order valence-corrected chi connectivity index (χ4v) is 26.8. The number of benzene rings is 4. The number of fused-ring (bicyclic) bond motifs is 2. The van der Waals surface area contributed by atoms with E-state index in [2.05, 4.69) is 44.9 Å². The summed E-state index contributed by atoms with van der Waals surface area (Å²) in [6, 6.07) is 16.6. The van der Waals surface area contributed by atoms with Gasteiger partial charge in [0.05, 0.1) is 27.6 Å². The van der Waals surface area contributed by atoms with Crippen LogP contribution in [0.5, 0.6) is 46.0 Å². The summed E-state index contributed by atoms with van der Waals surface area (Å²) in [5.41, 5.74) is 4.19. The first kappa shape index (κ1) is 65.0. The molecule has 8 aliphatic heterocycles. The van der Waals surface area contributed by atoms with Crippen molar-refractivity contribution in [2.45, 2.75) is 241 Å². The van der Waals surface area contributed by atoms with Crippen molar-refractivity contribution in [3.8, 4) is 46.0 Å². The molecule has 8 N–H and O–H groups in total. The highest BCUT2D eigenvalue weighted by Crippen LogP contribution is 2.78. The Morgan fingerprint density at radius 1 is 0.578 bits per heavy atom. The molecule has 7 saturated carbocycles. The number of phenols is 4. The van der Waals surface area contributed by atoms with E-state index in [1.54, 1.807) is 25.3 Å². The number of ether oxygens (including phenoxy) is 5. The van der Waals surface area contributed by atoms with Crippen LogP contribution in [0.4, 0.5) is 0 Å². The standard InChI is InChI=1S/C25H33NO4.C20H23NO4.C19H21NO4.C19H21NO3/c1-22(2,28)17-13-23-8-9-25(17,29-3)21-24(23)10-11-26(15-5-6-15)18(23)12-14-4-7-16(27)20(30-21)19(14)24;22-13-4-3-12-9-15-20(24)6-5-14(23)18-19(20,16(12)17(13)25-18)7-8-21(15)10-11-1-2-11;1-2-8-20-9-7-18-15-11-3-4-12(21)16(15)24-17(18)13(22)5-6-19(18,23)14(20)10-11;1-2-8-20-9-7-19-12-4-6-15(22)18(19)23-17-14(21)5-3-11(16(17)19)10-13(12)20/h4,7,15,17-18,21,27-28H,5-6,8-13H2,1-3H3;3-4,11,15,18,22,24H,1-2,5-10H2;2-4,14,17,21,23H,1,5-10H2;2-6,12-13,15,18,21-22H,1,7-10H2/t17-,18-,21-,23-,24+,25?;15-,18+,19+,20-;14-,17+,18+,19-;12-,13+,15-,18-,19-/m1110/s1. The molecule has 0 amide bonds. The summed E-state index contributed by atoms with van der Waals surface area (Å²) >= 11 is 0. The van der Waals surface area contributed by atoms with Gasteiger partial charge in [0.25, 0.3) is 0 Å². The van der Waals surface area contributed by atoms with Crippen LogP contribution >= 0.6 is 0 Å². The molecule has 19 heteroatoms. The summed E-state index contributed by atoms with van der Waals surface area (Å²) in [5, 5.41) is 87.3. The maximum Gasteiger partial charge on any atom is 0.174 e. The van der Waals surface area contributed by atoms with Crippen molar-refractivity contribution in [1.82, 2.24) is 19.6 Å². The Bertz CT molecular complexity index is 4330. The Morgan fingerprint density at radius 3 is 1.65 bits per heavy atom. The van der Waals surface area contributed by atoms with Gasteiger partial charge in [0, 0.05) is 127 Å². The molecule has 4 saturated heterocycles. The molecule has 4 aromatic rings. The van der Waals surface area contributed by atoms with Crippen molar-refractivity contribution in [2.24, 2.45) is 23.2 Å². The average molecular weight is 1390 g/mol. The zero-order valence-electron chi connectivity index (χ0n) is 59.0. The molecule has 0 aromatic heterocycles. The van der Waals surface area contributed by atoms with Gasteiger partial charge in [-0.2, -0.15) is 0 Å². The number of ketones is 2. The van der Waals surface area contributed by atoms with E-state index < -0.39 is 51.5 Å². The van der Waals surface area contributed by atoms with E-state index in [9.17, 15) is 50.4 Å². The van der Waals surface area contributed by atoms with Crippen molar-refractivity contribution < 1.29 is 74.1 Å². The van der Waals surface area contributed by atoms with E-state index in [0.717, 1.165) is 143 Å². The number of rotatable bonds is 9. The molecule has 540 valence electrons. The molecule has 8 heterocycles. The molecule has 5 spiro atoms. The monoisotopic (exact) mass is 1390 g/mol. The molecule has 12 aliphatic carbocycles. The maximum atomic E-state index is 12.7. The van der Waals surface area contributed by atoms with E-state index in [1.165, 1.54) is 42.4 Å². The molecule has 19 atom stereocenters. The maximum absolute atomic E-state index is 12.7. The first-order chi connectivity index (χ1) is 49.0. The van der Waals surface area contributed by atoms with Crippen molar-refractivity contribution in [1.29, 1.82) is 0 Å². The quantitative estimate of drug-likeness (QED) is 0.0747. The summed E-state index contributed by atoms with van der Waals surface area (Å²) in [4.78, 5) is 35.4. The molecule has 4 aromatic carbocycles. The SMILES string of the molecule is C=CCN1CC[C@]23c4c5ccc(O)c4O[C@H]2C(=O)CC[C@@]3(O)[C@H]1C5.C=CCN1CC[C@]23c4c5ccc(O)c4O[C@H]2[C@@H](O)C=C[C@H]3[C@H]1C5.COC12CC[C@@]3(C[C@@H]1C(C)(C)O)[C@H]1Cc4ccc(O)c5c4[C@@]3(CCN1C1CC1)[C@H]2O5.O=C1CC[C@@]2(O)[C@H]3Cc4ccc(O)c5c4[C@@]2(CCN3CC2CC2)[C@H]1O5. The third kappa shape index (κ3) is 7.88. The number of carbonyl (C=O) groups excluding carboxylic acids is 2. The zero-order valence-corrected chi connectivity index (χ0v) is 59.0. The summed E-state index contributed by atoms with van der Waals surface area (Å²) in [6.45, 7) is 18.1. The van der Waals surface area contributed by atoms with Crippen LogP contribution in [-0.2, 0) is 61.7 Å². The second-order valence-corrected chi connectivity index (χ2v) is 35.1. The van der Waals surface area contributed by atoms with Gasteiger partial charge in [0.15, 0.2) is 69.8 Å². The molecular formula is C83H98N4O15. The number of nitrogens with zero attached hydrogens (tertiary/aromatic N) is 4. The minimum absolute atomic E-state index is 0.0153. The van der Waals surface area contributed by atoms with Gasteiger partial charge in [-0.15, -0.1) is 13.2 Å². The molecule has 10 bridgehead atoms. The van der Waals surface area contributed by atoms with Crippen LogP contribution in [0.3, 0.4) is 0 Å². The summed E-state index contributed by atoms with van der Waals surface area (Å²) in [6.07, 6.45) is 22.3. The van der Waals surface area contributed by atoms with Crippen LogP contribution in [0, 0.1) is 23.2 Å². The van der Waals surface area contributed by atoms with Gasteiger partial charge < -0.3 is 64.5 Å². The first-order valence-electron chi connectivity index (χ1n) is 38.4. The summed E-state index contributed by atoms with van der Waals surface area (Å²) in [5.74, 6) is 4.03. The van der Waals surface area contributed by atoms with E-state index in [0.29, 0.717) is 79.5 Å². The Balaban J connectivity index is 0.0000000916. The molecule has 1 unspecified atom stereocenters. The number of likely N-dealkylation sites (tertiary alicyclic amines) is 4. The zero-order chi connectivity index (χ0) is 70.1. The lowest BCUT2D eigenvalue weighted by molar-refractivity contribution is -0.300. The van der Waals surface area contributed by atoms with Crippen molar-refractivity contribution in [3.05, 3.63) is 131 Å². The smallest absolute Gasteiger partial charge is 0.174 e. The number of piperidine rings is 4. The van der Waals surface area contributed by atoms with E-state index >= 15 is 0 Å². The Morgan fingerprint density at radius 2 is 1.09 bits per heavy atom. The van der Waals surface area contributed by atoms with E-state index in [-0.39, 0.29) is 81.0 Å². The minimum atomic E-state index is -1.00. The predicted molar refractivity (Wildman–Crippen MR) is 376 cm³/mol. The van der Waals surface area contributed by atoms with Crippen LogP contribution in [-0.4, -0.2) is 208 Å². The molecule has 0 radical (unpaired) electrons. The number of aliphatic hydroxyl groups excluding tert-OH is 1. The Labute approximate surface area is 595 Å². The first-order valence-corrected chi connectivity index (χ1v) is 38.4. The number of phenolic OH excluding ortho intramolecular Hbond substituents is 4. The highest BCUT2D eigenvalue weighted by atomic mass is 16.6. The van der Waals surface area contributed by atoms with Crippen LogP contribution in [0.25, 0.3) is 0 Å². The van der Waals surface area contributed by atoms with Gasteiger partial charge in [-0.3, -0.25) is 29.2 Å². The van der Waals surface area contributed by atoms with Gasteiger partial charge in [0.2, 0.25) is 0 Å². The molecule has 102 heavy (non-hydrogen) atoms. The molecule has 20 aliphatic rings. The topological polar surface area (TPSA) is 255 Å². The number of Topliss-reactive ketones (excluding diaryl/α,β-unsaturated/α-hetero) is 2. The lowest BCUT2D eigenvalue weighted by Crippen LogP contribution is -2.82. The number of aromatic hydroxyl groups is 4. The highest BCUT2D eigenvalue weighted by molar-refractivity contribution is 5.91. The van der Waals surface area contributed by atoms with Crippen LogP contribution in [0.2, 0.25) is 0 Å². The van der Waals surface area contributed by atoms with Gasteiger partial charge in [-0.1, -0.05) is 48.6 Å². The largest absolute Gasteiger partial charge is 0.504 e. The van der Waals surface area contributed by atoms with Crippen molar-refractivity contribution in [2.75, 3.05) is 52.9 Å². The normalized spacial score (nSPS) is 41.9.